The molecule has 1 aliphatic heterocycles. The third kappa shape index (κ3) is 4.02. The van der Waals surface area contributed by atoms with E-state index in [-0.39, 0.29) is 34.0 Å². The summed E-state index contributed by atoms with van der Waals surface area (Å²) in [5.41, 5.74) is -3.35. The van der Waals surface area contributed by atoms with Crippen molar-refractivity contribution in [2.24, 2.45) is 5.92 Å². The van der Waals surface area contributed by atoms with Gasteiger partial charge in [0.25, 0.3) is 0 Å². The number of ketones is 3. The Morgan fingerprint density at radius 1 is 1.12 bits per heavy atom. The predicted octanol–water partition coefficient (Wildman–Crippen LogP) is 2.51. The lowest BCUT2D eigenvalue weighted by Crippen LogP contribution is -2.56. The number of carbonyl (C=O) groups is 3. The van der Waals surface area contributed by atoms with Gasteiger partial charge in [-0.25, -0.2) is 4.39 Å². The summed E-state index contributed by atoms with van der Waals surface area (Å²) in [6, 6.07) is 4.09. The summed E-state index contributed by atoms with van der Waals surface area (Å²) in [4.78, 5) is 39.8. The number of benzene rings is 2. The number of rotatable bonds is 5. The number of nitrogens with one attached hydrogen (secondary N) is 1. The van der Waals surface area contributed by atoms with Gasteiger partial charge in [0.05, 0.1) is 36.0 Å². The Bertz CT molecular complexity index is 1420. The van der Waals surface area contributed by atoms with E-state index in [1.807, 2.05) is 0 Å². The molecule has 2 aliphatic carbocycles. The number of methoxy groups -OCH3 is 1. The fraction of sp³-hybridized carbons (Fsp3) is 0.483. The lowest BCUT2D eigenvalue weighted by molar-refractivity contribution is -0.265. The van der Waals surface area contributed by atoms with Gasteiger partial charge in [-0.05, 0) is 27.0 Å². The van der Waals surface area contributed by atoms with Crippen LogP contribution in [0, 0.1) is 5.92 Å². The van der Waals surface area contributed by atoms with E-state index < -0.39 is 89.0 Å². The summed E-state index contributed by atoms with van der Waals surface area (Å²) in [7, 11) is 3.02. The number of hydrogen-bond donors (Lipinski definition) is 4. The van der Waals surface area contributed by atoms with Gasteiger partial charge in [-0.15, -0.1) is 0 Å². The number of phenols is 2. The monoisotopic (exact) mass is 557 g/mol. The maximum Gasteiger partial charge on any atom is 0.202 e. The number of fused-ring (bicyclic) bond motifs is 3. The van der Waals surface area contributed by atoms with Crippen LogP contribution in [0.1, 0.15) is 76.3 Å². The summed E-state index contributed by atoms with van der Waals surface area (Å²) in [6.45, 7) is 4.59. The Hall–Kier alpha value is -3.38. The van der Waals surface area contributed by atoms with Crippen molar-refractivity contribution in [1.82, 2.24) is 5.32 Å². The van der Waals surface area contributed by atoms with Crippen molar-refractivity contribution in [2.45, 2.75) is 69.9 Å². The van der Waals surface area contributed by atoms with E-state index in [1.54, 1.807) is 20.9 Å². The van der Waals surface area contributed by atoms with Crippen molar-refractivity contribution < 1.29 is 48.3 Å². The van der Waals surface area contributed by atoms with E-state index in [0.29, 0.717) is 0 Å². The van der Waals surface area contributed by atoms with Crippen LogP contribution < -0.4 is 10.1 Å². The van der Waals surface area contributed by atoms with Gasteiger partial charge >= 0.3 is 0 Å². The summed E-state index contributed by atoms with van der Waals surface area (Å²) in [6.07, 6.45) is -5.79. The van der Waals surface area contributed by atoms with Crippen molar-refractivity contribution in [3.63, 3.8) is 0 Å². The minimum atomic E-state index is -2.07. The standard InChI is InChI=1S/C29H32FNO9/c1-11-22(30)28(39-12(2)23(11)31-4)40-17-10-29(37,13(3)32)9-15-19(17)27(36)21-20(25(15)34)24(33)14-7-6-8-16(38-5)18(14)26(21)35/h6-8,11-12,17,22-23,28,31,34,36-37H,9-10H2,1-5H3. The van der Waals surface area contributed by atoms with Crippen LogP contribution >= 0.6 is 0 Å². The van der Waals surface area contributed by atoms with Gasteiger partial charge in [-0.1, -0.05) is 19.1 Å². The van der Waals surface area contributed by atoms with Crippen LogP contribution in [0.25, 0.3) is 0 Å². The van der Waals surface area contributed by atoms with Gasteiger partial charge in [0.1, 0.15) is 22.8 Å². The molecule has 11 heteroatoms. The highest BCUT2D eigenvalue weighted by Crippen LogP contribution is 2.52. The van der Waals surface area contributed by atoms with Gasteiger partial charge in [-0.2, -0.15) is 0 Å². The highest BCUT2D eigenvalue weighted by atomic mass is 19.1. The molecule has 0 bridgehead atoms. The smallest absolute Gasteiger partial charge is 0.202 e. The maximum absolute atomic E-state index is 15.5. The molecule has 7 unspecified atom stereocenters. The molecule has 40 heavy (non-hydrogen) atoms. The largest absolute Gasteiger partial charge is 0.507 e. The first-order valence-electron chi connectivity index (χ1n) is 13.1. The average Bonchev–Trinajstić information content (AvgIpc) is 2.91. The second kappa shape index (κ2) is 9.91. The van der Waals surface area contributed by atoms with Crippen LogP contribution in [0.15, 0.2) is 18.2 Å². The van der Waals surface area contributed by atoms with Gasteiger partial charge in [0.2, 0.25) is 5.78 Å². The molecule has 3 aliphatic rings. The van der Waals surface area contributed by atoms with Crippen molar-refractivity contribution in [3.05, 3.63) is 51.6 Å². The highest BCUT2D eigenvalue weighted by Gasteiger charge is 2.50. The number of ether oxygens (including phenoxy) is 3. The average molecular weight is 558 g/mol. The van der Waals surface area contributed by atoms with Gasteiger partial charge in [0.15, 0.2) is 24.0 Å². The fourth-order valence-electron chi connectivity index (χ4n) is 6.31. The van der Waals surface area contributed by atoms with Crippen LogP contribution in [0.2, 0.25) is 0 Å². The van der Waals surface area contributed by atoms with E-state index in [2.05, 4.69) is 5.32 Å². The molecule has 1 heterocycles. The molecule has 5 rings (SSSR count). The number of phenolic OH excluding ortho intramolecular Hbond substituents is 2. The second-order valence-corrected chi connectivity index (χ2v) is 10.8. The lowest BCUT2D eigenvalue weighted by atomic mass is 9.72. The van der Waals surface area contributed by atoms with E-state index >= 15 is 4.39 Å². The number of likely N-dealkylation sites (N-methyl/N-ethyl adjacent to an activating group) is 1. The lowest BCUT2D eigenvalue weighted by Gasteiger charge is -2.44. The maximum atomic E-state index is 15.5. The Balaban J connectivity index is 1.68. The molecule has 2 aromatic rings. The number of Topliss-reactive ketones (excluding diaryl/α,β-unsaturated/α-hetero) is 1. The Morgan fingerprint density at radius 3 is 2.42 bits per heavy atom. The van der Waals surface area contributed by atoms with Crippen LogP contribution in [0.5, 0.6) is 17.2 Å². The molecular formula is C29H32FNO9. The van der Waals surface area contributed by atoms with E-state index in [0.717, 1.165) is 6.92 Å². The molecule has 4 N–H and O–H groups in total. The van der Waals surface area contributed by atoms with Crippen LogP contribution in [0.4, 0.5) is 4.39 Å². The minimum absolute atomic E-state index is 0.0325. The van der Waals surface area contributed by atoms with Gasteiger partial charge < -0.3 is 34.8 Å². The quantitative estimate of drug-likeness (QED) is 0.345. The topological polar surface area (TPSA) is 152 Å². The van der Waals surface area contributed by atoms with Crippen LogP contribution in [-0.4, -0.2) is 77.0 Å². The molecule has 0 amide bonds. The molecule has 214 valence electrons. The number of hydrogen-bond acceptors (Lipinski definition) is 10. The van der Waals surface area contributed by atoms with E-state index in [9.17, 15) is 29.7 Å². The first-order chi connectivity index (χ1) is 18.9. The zero-order chi connectivity index (χ0) is 29.3. The first kappa shape index (κ1) is 28.2. The Kier molecular flexibility index (Phi) is 6.98. The number of alkyl halides is 1. The summed E-state index contributed by atoms with van der Waals surface area (Å²) in [5.74, 6) is -3.92. The molecule has 0 aromatic heterocycles. The number of aromatic hydroxyl groups is 2. The molecular weight excluding hydrogens is 525 g/mol. The summed E-state index contributed by atoms with van der Waals surface area (Å²) in [5, 5.41) is 37.2. The molecule has 0 radical (unpaired) electrons. The van der Waals surface area contributed by atoms with Gasteiger partial charge in [0, 0.05) is 41.5 Å². The molecule has 0 saturated carbocycles. The van der Waals surface area contributed by atoms with Gasteiger partial charge in [-0.3, -0.25) is 14.4 Å². The highest BCUT2D eigenvalue weighted by molar-refractivity contribution is 6.31. The Morgan fingerprint density at radius 2 is 1.80 bits per heavy atom. The predicted molar refractivity (Wildman–Crippen MR) is 139 cm³/mol. The summed E-state index contributed by atoms with van der Waals surface area (Å²) < 4.78 is 32.6. The molecule has 0 spiro atoms. The SMILES string of the molecule is CNC1C(C)OC(OC2CC(O)(C(C)=O)Cc3c(O)c4c(c(O)c32)C(=O)c2c(OC)cccc2C4=O)C(F)C1C. The first-order valence-corrected chi connectivity index (χ1v) is 13.1. The van der Waals surface area contributed by atoms with Crippen molar-refractivity contribution in [2.75, 3.05) is 14.2 Å². The Labute approximate surface area is 230 Å². The van der Waals surface area contributed by atoms with E-state index in [1.165, 1.54) is 25.3 Å². The molecule has 1 saturated heterocycles. The van der Waals surface area contributed by atoms with Crippen LogP contribution in [-0.2, 0) is 20.7 Å². The van der Waals surface area contributed by atoms with Crippen molar-refractivity contribution >= 4 is 17.3 Å². The second-order valence-electron chi connectivity index (χ2n) is 10.8. The normalized spacial score (nSPS) is 31.3. The van der Waals surface area contributed by atoms with Crippen molar-refractivity contribution in [1.29, 1.82) is 0 Å². The van der Waals surface area contributed by atoms with E-state index in [4.69, 9.17) is 14.2 Å². The number of aliphatic hydroxyl groups is 1. The number of halogens is 1. The van der Waals surface area contributed by atoms with Crippen molar-refractivity contribution in [3.8, 4) is 17.2 Å². The third-order valence-corrected chi connectivity index (χ3v) is 8.55. The third-order valence-electron chi connectivity index (χ3n) is 8.55. The minimum Gasteiger partial charge on any atom is -0.507 e. The number of carbonyl (C=O) groups excluding carboxylic acids is 3. The molecule has 2 aromatic carbocycles. The summed E-state index contributed by atoms with van der Waals surface area (Å²) >= 11 is 0. The van der Waals surface area contributed by atoms with Crippen LogP contribution in [0.3, 0.4) is 0 Å². The zero-order valence-electron chi connectivity index (χ0n) is 22.8. The molecule has 7 atom stereocenters. The fourth-order valence-corrected chi connectivity index (χ4v) is 6.31. The molecule has 10 nitrogen and oxygen atoms in total. The zero-order valence-corrected chi connectivity index (χ0v) is 22.8. The molecule has 1 fully saturated rings.